The van der Waals surface area contributed by atoms with Crippen molar-refractivity contribution >= 4 is 33.5 Å². The maximum atomic E-state index is 12.3. The highest BCUT2D eigenvalue weighted by Gasteiger charge is 2.22. The third kappa shape index (κ3) is 4.80. The maximum absolute atomic E-state index is 12.3. The molecule has 2 aromatic rings. The molecule has 0 aromatic heterocycles. The second-order valence-corrected chi connectivity index (χ2v) is 6.98. The molecule has 0 spiro atoms. The van der Waals surface area contributed by atoms with Gasteiger partial charge in [-0.15, -0.1) is 0 Å². The fraction of sp³-hybridized carbons (Fsp3) is 0.300. The van der Waals surface area contributed by atoms with Crippen molar-refractivity contribution in [3.63, 3.8) is 0 Å². The fourth-order valence-electron chi connectivity index (χ4n) is 2.93. The summed E-state index contributed by atoms with van der Waals surface area (Å²) in [5.74, 6) is 0.136. The van der Waals surface area contributed by atoms with E-state index in [0.717, 1.165) is 24.5 Å². The summed E-state index contributed by atoms with van der Waals surface area (Å²) in [4.78, 5) is 28.4. The summed E-state index contributed by atoms with van der Waals surface area (Å²) in [5.41, 5.74) is 1.51. The molecule has 1 amide bonds. The number of halogens is 1. The summed E-state index contributed by atoms with van der Waals surface area (Å²) in [6.07, 6.45) is 0. The minimum atomic E-state index is -0.507. The van der Waals surface area contributed by atoms with Crippen LogP contribution in [0.5, 0.6) is 5.75 Å². The predicted octanol–water partition coefficient (Wildman–Crippen LogP) is 2.96. The van der Waals surface area contributed by atoms with Gasteiger partial charge in [-0.3, -0.25) is 4.79 Å². The Morgan fingerprint density at radius 2 is 1.67 bits per heavy atom. The molecule has 0 atom stereocenters. The molecule has 1 aliphatic heterocycles. The minimum Gasteiger partial charge on any atom is -0.497 e. The minimum absolute atomic E-state index is 0.176. The Labute approximate surface area is 166 Å². The SMILES string of the molecule is COc1ccc(N2CCN(C(=O)COC(=O)c3ccccc3Br)CC2)cc1. The average molecular weight is 433 g/mol. The van der Waals surface area contributed by atoms with Crippen LogP contribution in [0.1, 0.15) is 10.4 Å². The molecule has 3 rings (SSSR count). The van der Waals surface area contributed by atoms with E-state index in [1.54, 1.807) is 30.2 Å². The summed E-state index contributed by atoms with van der Waals surface area (Å²) in [6.45, 7) is 2.41. The van der Waals surface area contributed by atoms with Crippen molar-refractivity contribution < 1.29 is 19.1 Å². The fourth-order valence-corrected chi connectivity index (χ4v) is 3.38. The first-order valence-corrected chi connectivity index (χ1v) is 9.46. The number of carbonyl (C=O) groups is 2. The van der Waals surface area contributed by atoms with Gasteiger partial charge >= 0.3 is 5.97 Å². The zero-order valence-corrected chi connectivity index (χ0v) is 16.6. The predicted molar refractivity (Wildman–Crippen MR) is 106 cm³/mol. The number of nitrogens with zero attached hydrogens (tertiary/aromatic N) is 2. The van der Waals surface area contributed by atoms with Crippen molar-refractivity contribution in [1.29, 1.82) is 0 Å². The van der Waals surface area contributed by atoms with Gasteiger partial charge < -0.3 is 19.3 Å². The van der Waals surface area contributed by atoms with E-state index in [1.807, 2.05) is 30.3 Å². The molecular formula is C20H21BrN2O4. The van der Waals surface area contributed by atoms with Crippen LogP contribution in [-0.2, 0) is 9.53 Å². The number of piperazine rings is 1. The van der Waals surface area contributed by atoms with Crippen molar-refractivity contribution in [1.82, 2.24) is 4.90 Å². The summed E-state index contributed by atoms with van der Waals surface area (Å²) in [5, 5.41) is 0. The van der Waals surface area contributed by atoms with E-state index >= 15 is 0 Å². The van der Waals surface area contributed by atoms with Crippen molar-refractivity contribution in [2.24, 2.45) is 0 Å². The van der Waals surface area contributed by atoms with Crippen molar-refractivity contribution in [3.05, 3.63) is 58.6 Å². The lowest BCUT2D eigenvalue weighted by atomic mass is 10.2. The van der Waals surface area contributed by atoms with Gasteiger partial charge in [-0.2, -0.15) is 0 Å². The molecule has 142 valence electrons. The molecule has 1 aliphatic rings. The largest absolute Gasteiger partial charge is 0.497 e. The van der Waals surface area contributed by atoms with Crippen LogP contribution in [0, 0.1) is 0 Å². The lowest BCUT2D eigenvalue weighted by molar-refractivity contribution is -0.134. The Kier molecular flexibility index (Phi) is 6.34. The number of hydrogen-bond acceptors (Lipinski definition) is 5. The monoisotopic (exact) mass is 432 g/mol. The normalized spacial score (nSPS) is 14.0. The highest BCUT2D eigenvalue weighted by molar-refractivity contribution is 9.10. The van der Waals surface area contributed by atoms with Crippen LogP contribution in [0.4, 0.5) is 5.69 Å². The first kappa shape index (κ1) is 19.2. The second-order valence-electron chi connectivity index (χ2n) is 6.12. The smallest absolute Gasteiger partial charge is 0.339 e. The zero-order valence-electron chi connectivity index (χ0n) is 15.1. The highest BCUT2D eigenvalue weighted by Crippen LogP contribution is 2.21. The van der Waals surface area contributed by atoms with Crippen LogP contribution in [0.2, 0.25) is 0 Å². The number of methoxy groups -OCH3 is 1. The Morgan fingerprint density at radius 3 is 2.30 bits per heavy atom. The van der Waals surface area contributed by atoms with Gasteiger partial charge in [-0.1, -0.05) is 12.1 Å². The molecule has 0 bridgehead atoms. The molecule has 0 saturated carbocycles. The van der Waals surface area contributed by atoms with Crippen LogP contribution in [0.15, 0.2) is 53.0 Å². The van der Waals surface area contributed by atoms with Crippen LogP contribution >= 0.6 is 15.9 Å². The Balaban J connectivity index is 1.48. The van der Waals surface area contributed by atoms with Gasteiger partial charge in [-0.25, -0.2) is 4.79 Å². The van der Waals surface area contributed by atoms with Gasteiger partial charge in [0.2, 0.25) is 0 Å². The van der Waals surface area contributed by atoms with E-state index in [1.165, 1.54) is 0 Å². The number of anilines is 1. The van der Waals surface area contributed by atoms with Gasteiger partial charge in [0.15, 0.2) is 6.61 Å². The van der Waals surface area contributed by atoms with Crippen molar-refractivity contribution in [2.75, 3.05) is 44.8 Å². The van der Waals surface area contributed by atoms with Crippen molar-refractivity contribution in [3.8, 4) is 5.75 Å². The molecule has 6 nitrogen and oxygen atoms in total. The summed E-state index contributed by atoms with van der Waals surface area (Å²) in [7, 11) is 1.64. The van der Waals surface area contributed by atoms with Crippen LogP contribution in [0.25, 0.3) is 0 Å². The molecule has 1 saturated heterocycles. The van der Waals surface area contributed by atoms with Gasteiger partial charge in [0.1, 0.15) is 5.75 Å². The Hall–Kier alpha value is -2.54. The molecule has 0 N–H and O–H groups in total. The number of rotatable bonds is 5. The lowest BCUT2D eigenvalue weighted by Crippen LogP contribution is -2.49. The quantitative estimate of drug-likeness (QED) is 0.679. The van der Waals surface area contributed by atoms with Crippen LogP contribution in [-0.4, -0.2) is 56.7 Å². The molecule has 1 fully saturated rings. The second kappa shape index (κ2) is 8.90. The lowest BCUT2D eigenvalue weighted by Gasteiger charge is -2.36. The van der Waals surface area contributed by atoms with Crippen LogP contribution in [0.3, 0.4) is 0 Å². The van der Waals surface area contributed by atoms with Gasteiger partial charge in [0.05, 0.1) is 12.7 Å². The molecule has 2 aromatic carbocycles. The number of carbonyl (C=O) groups excluding carboxylic acids is 2. The third-order valence-electron chi connectivity index (χ3n) is 4.49. The molecule has 27 heavy (non-hydrogen) atoms. The van der Waals surface area contributed by atoms with Gasteiger partial charge in [-0.05, 0) is 52.3 Å². The number of benzene rings is 2. The number of ether oxygens (including phenoxy) is 2. The number of amides is 1. The standard InChI is InChI=1S/C20H21BrN2O4/c1-26-16-8-6-15(7-9-16)22-10-12-23(13-11-22)19(24)14-27-20(25)17-4-2-3-5-18(17)21/h2-9H,10-14H2,1H3. The highest BCUT2D eigenvalue weighted by atomic mass is 79.9. The molecular weight excluding hydrogens is 412 g/mol. The molecule has 0 radical (unpaired) electrons. The van der Waals surface area contributed by atoms with E-state index in [2.05, 4.69) is 20.8 Å². The average Bonchev–Trinajstić information content (AvgIpc) is 2.72. The summed E-state index contributed by atoms with van der Waals surface area (Å²) < 4.78 is 11.0. The Bertz CT molecular complexity index is 802. The Morgan fingerprint density at radius 1 is 1.00 bits per heavy atom. The van der Waals surface area contributed by atoms with Gasteiger partial charge in [0.25, 0.3) is 5.91 Å². The van der Waals surface area contributed by atoms with E-state index < -0.39 is 5.97 Å². The summed E-state index contributed by atoms with van der Waals surface area (Å²) >= 11 is 3.31. The molecule has 7 heteroatoms. The maximum Gasteiger partial charge on any atom is 0.339 e. The van der Waals surface area contributed by atoms with Crippen LogP contribution < -0.4 is 9.64 Å². The van der Waals surface area contributed by atoms with E-state index in [4.69, 9.17) is 9.47 Å². The van der Waals surface area contributed by atoms with E-state index in [9.17, 15) is 9.59 Å². The molecule has 0 aliphatic carbocycles. The zero-order chi connectivity index (χ0) is 19.2. The van der Waals surface area contributed by atoms with Gasteiger partial charge in [0, 0.05) is 36.3 Å². The van der Waals surface area contributed by atoms with Crippen molar-refractivity contribution in [2.45, 2.75) is 0 Å². The van der Waals surface area contributed by atoms with E-state index in [0.29, 0.717) is 23.1 Å². The van der Waals surface area contributed by atoms with E-state index in [-0.39, 0.29) is 12.5 Å². The first-order valence-electron chi connectivity index (χ1n) is 8.67. The first-order chi connectivity index (χ1) is 13.1. The number of hydrogen-bond donors (Lipinski definition) is 0. The number of esters is 1. The third-order valence-corrected chi connectivity index (χ3v) is 5.18. The molecule has 0 unspecified atom stereocenters. The molecule has 1 heterocycles. The summed E-state index contributed by atoms with van der Waals surface area (Å²) in [6, 6.07) is 14.9. The topological polar surface area (TPSA) is 59.1 Å².